The molecule has 2 N–H and O–H groups in total. The van der Waals surface area contributed by atoms with E-state index in [4.69, 9.17) is 0 Å². The number of hydrogen-bond acceptors (Lipinski definition) is 4. The Morgan fingerprint density at radius 2 is 1.86 bits per heavy atom. The second-order valence-corrected chi connectivity index (χ2v) is 7.05. The fourth-order valence-corrected chi connectivity index (χ4v) is 3.28. The highest BCUT2D eigenvalue weighted by Gasteiger charge is 2.10. The van der Waals surface area contributed by atoms with Crippen LogP contribution in [0.3, 0.4) is 0 Å². The van der Waals surface area contributed by atoms with Crippen LogP contribution in [0.5, 0.6) is 0 Å². The van der Waals surface area contributed by atoms with Crippen molar-refractivity contribution in [2.75, 3.05) is 10.6 Å². The Bertz CT molecular complexity index is 979. The van der Waals surface area contributed by atoms with E-state index in [1.807, 2.05) is 30.5 Å². The first kappa shape index (κ1) is 19.6. The van der Waals surface area contributed by atoms with E-state index in [9.17, 15) is 14.0 Å². The molecule has 0 atom stereocenters. The van der Waals surface area contributed by atoms with Crippen LogP contribution in [-0.4, -0.2) is 16.8 Å². The summed E-state index contributed by atoms with van der Waals surface area (Å²) in [5.41, 5.74) is 2.02. The average Bonchev–Trinajstić information content (AvgIpc) is 2.70. The lowest BCUT2D eigenvalue weighted by Crippen LogP contribution is -2.13. The van der Waals surface area contributed by atoms with Crippen LogP contribution in [0.25, 0.3) is 0 Å². The number of hydrogen-bond donors (Lipinski definition) is 2. The van der Waals surface area contributed by atoms with Gasteiger partial charge in [0.25, 0.3) is 5.91 Å². The predicted molar refractivity (Wildman–Crippen MR) is 109 cm³/mol. The van der Waals surface area contributed by atoms with Crippen LogP contribution in [-0.2, 0) is 10.5 Å². The molecule has 28 heavy (non-hydrogen) atoms. The Labute approximate surface area is 166 Å². The van der Waals surface area contributed by atoms with E-state index < -0.39 is 5.82 Å². The molecule has 142 valence electrons. The Morgan fingerprint density at radius 1 is 1.07 bits per heavy atom. The predicted octanol–water partition coefficient (Wildman–Crippen LogP) is 4.72. The summed E-state index contributed by atoms with van der Waals surface area (Å²) >= 11 is 1.65. The summed E-state index contributed by atoms with van der Waals surface area (Å²) in [6.07, 6.45) is 3.56. The number of halogens is 1. The highest BCUT2D eigenvalue weighted by molar-refractivity contribution is 7.98. The molecule has 5 nitrogen and oxygen atoms in total. The van der Waals surface area contributed by atoms with Gasteiger partial charge in [-0.05, 0) is 54.1 Å². The van der Waals surface area contributed by atoms with Crippen molar-refractivity contribution in [2.45, 2.75) is 17.6 Å². The van der Waals surface area contributed by atoms with Crippen molar-refractivity contribution in [1.82, 2.24) is 4.98 Å². The van der Waals surface area contributed by atoms with Crippen molar-refractivity contribution < 1.29 is 14.0 Å². The van der Waals surface area contributed by atoms with Crippen molar-refractivity contribution in [3.05, 3.63) is 83.9 Å². The molecule has 3 aromatic rings. The van der Waals surface area contributed by atoms with E-state index in [2.05, 4.69) is 15.6 Å². The summed E-state index contributed by atoms with van der Waals surface area (Å²) in [6, 6.07) is 15.2. The zero-order valence-electron chi connectivity index (χ0n) is 15.1. The van der Waals surface area contributed by atoms with E-state index in [-0.39, 0.29) is 17.5 Å². The molecular formula is C21H18FN3O2S. The molecule has 0 aliphatic carbocycles. The minimum absolute atomic E-state index is 0.0208. The van der Waals surface area contributed by atoms with Crippen molar-refractivity contribution in [2.24, 2.45) is 0 Å². The zero-order chi connectivity index (χ0) is 19.9. The van der Waals surface area contributed by atoms with Gasteiger partial charge in [0, 0.05) is 41.2 Å². The summed E-state index contributed by atoms with van der Waals surface area (Å²) in [5, 5.41) is 5.09. The molecule has 0 aliphatic heterocycles. The molecule has 1 aromatic heterocycles. The van der Waals surface area contributed by atoms with Gasteiger partial charge in [0.2, 0.25) is 5.91 Å². The molecule has 0 aliphatic rings. The number of carbonyl (C=O) groups excluding carboxylic acids is 2. The first-order valence-electron chi connectivity index (χ1n) is 8.51. The molecule has 0 radical (unpaired) electrons. The summed E-state index contributed by atoms with van der Waals surface area (Å²) in [5.74, 6) is -0.477. The quantitative estimate of drug-likeness (QED) is 0.592. The van der Waals surface area contributed by atoms with Gasteiger partial charge in [0.1, 0.15) is 5.82 Å². The number of rotatable bonds is 6. The van der Waals surface area contributed by atoms with Crippen molar-refractivity contribution in [3.8, 4) is 0 Å². The minimum Gasteiger partial charge on any atom is -0.324 e. The number of nitrogens with one attached hydrogen (secondary N) is 2. The molecule has 0 unspecified atom stereocenters. The fourth-order valence-electron chi connectivity index (χ4n) is 2.44. The number of aromatic nitrogens is 1. The number of benzene rings is 2. The molecule has 2 amide bonds. The first-order chi connectivity index (χ1) is 13.5. The lowest BCUT2D eigenvalue weighted by Gasteiger charge is -2.09. The normalized spacial score (nSPS) is 10.4. The van der Waals surface area contributed by atoms with Gasteiger partial charge in [-0.1, -0.05) is 6.07 Å². The maximum atomic E-state index is 13.7. The van der Waals surface area contributed by atoms with Gasteiger partial charge in [-0.25, -0.2) is 4.39 Å². The molecule has 2 aromatic carbocycles. The van der Waals surface area contributed by atoms with E-state index in [1.165, 1.54) is 25.1 Å². The number of amides is 2. The van der Waals surface area contributed by atoms with Crippen LogP contribution in [0.15, 0.2) is 71.9 Å². The molecule has 7 heteroatoms. The number of anilines is 2. The summed E-state index contributed by atoms with van der Waals surface area (Å²) < 4.78 is 13.7. The molecule has 0 spiro atoms. The Balaban J connectivity index is 1.62. The summed E-state index contributed by atoms with van der Waals surface area (Å²) in [6.45, 7) is 1.29. The van der Waals surface area contributed by atoms with E-state index >= 15 is 0 Å². The van der Waals surface area contributed by atoms with Gasteiger partial charge in [-0.15, -0.1) is 11.8 Å². The van der Waals surface area contributed by atoms with E-state index in [0.717, 1.165) is 16.2 Å². The lowest BCUT2D eigenvalue weighted by atomic mass is 10.2. The molecule has 1 heterocycles. The SMILES string of the molecule is CC(=O)Nc1cc(NC(=O)c2ccc(SCc3cccnc3)cc2)ccc1F. The fraction of sp³-hybridized carbons (Fsp3) is 0.0952. The highest BCUT2D eigenvalue weighted by atomic mass is 32.2. The van der Waals surface area contributed by atoms with Crippen LogP contribution in [0, 0.1) is 5.82 Å². The molecule has 0 saturated carbocycles. The maximum Gasteiger partial charge on any atom is 0.255 e. The van der Waals surface area contributed by atoms with Crippen LogP contribution in [0.2, 0.25) is 0 Å². The number of carbonyl (C=O) groups is 2. The van der Waals surface area contributed by atoms with Crippen LogP contribution in [0.1, 0.15) is 22.8 Å². The highest BCUT2D eigenvalue weighted by Crippen LogP contribution is 2.24. The Kier molecular flexibility index (Phi) is 6.39. The van der Waals surface area contributed by atoms with Crippen LogP contribution >= 0.6 is 11.8 Å². The van der Waals surface area contributed by atoms with Crippen LogP contribution < -0.4 is 10.6 Å². The molecule has 0 saturated heterocycles. The monoisotopic (exact) mass is 395 g/mol. The van der Waals surface area contributed by atoms with E-state index in [0.29, 0.717) is 11.3 Å². The third kappa shape index (κ3) is 5.40. The summed E-state index contributed by atoms with van der Waals surface area (Å²) in [4.78, 5) is 28.7. The Hall–Kier alpha value is -3.19. The average molecular weight is 395 g/mol. The minimum atomic E-state index is -0.566. The molecule has 3 rings (SSSR count). The largest absolute Gasteiger partial charge is 0.324 e. The topological polar surface area (TPSA) is 71.1 Å². The second kappa shape index (κ2) is 9.14. The second-order valence-electron chi connectivity index (χ2n) is 6.00. The number of pyridine rings is 1. The first-order valence-corrected chi connectivity index (χ1v) is 9.50. The standard InChI is InChI=1S/C21H18FN3O2S/c1-14(26)24-20-11-17(6-9-19(20)22)25-21(27)16-4-7-18(8-5-16)28-13-15-3-2-10-23-12-15/h2-12H,13H2,1H3,(H,24,26)(H,25,27). The zero-order valence-corrected chi connectivity index (χ0v) is 15.9. The molecular weight excluding hydrogens is 377 g/mol. The van der Waals surface area contributed by atoms with Gasteiger partial charge in [-0.2, -0.15) is 0 Å². The third-order valence-corrected chi connectivity index (χ3v) is 4.86. The van der Waals surface area contributed by atoms with Gasteiger partial charge >= 0.3 is 0 Å². The summed E-state index contributed by atoms with van der Waals surface area (Å²) in [7, 11) is 0. The Morgan fingerprint density at radius 3 is 2.54 bits per heavy atom. The van der Waals surface area contributed by atoms with Crippen molar-refractivity contribution >= 4 is 35.0 Å². The van der Waals surface area contributed by atoms with E-state index in [1.54, 1.807) is 30.1 Å². The lowest BCUT2D eigenvalue weighted by molar-refractivity contribution is -0.114. The third-order valence-electron chi connectivity index (χ3n) is 3.78. The maximum absolute atomic E-state index is 13.7. The molecule has 0 bridgehead atoms. The van der Waals surface area contributed by atoms with Gasteiger partial charge in [-0.3, -0.25) is 14.6 Å². The van der Waals surface area contributed by atoms with Crippen molar-refractivity contribution in [1.29, 1.82) is 0 Å². The number of thioether (sulfide) groups is 1. The van der Waals surface area contributed by atoms with Gasteiger partial charge in [0.05, 0.1) is 5.69 Å². The smallest absolute Gasteiger partial charge is 0.255 e. The van der Waals surface area contributed by atoms with Crippen LogP contribution in [0.4, 0.5) is 15.8 Å². The van der Waals surface area contributed by atoms with Gasteiger partial charge < -0.3 is 10.6 Å². The van der Waals surface area contributed by atoms with Crippen molar-refractivity contribution in [3.63, 3.8) is 0 Å². The van der Waals surface area contributed by atoms with Gasteiger partial charge in [0.15, 0.2) is 0 Å². The molecule has 0 fully saturated rings. The number of nitrogens with zero attached hydrogens (tertiary/aromatic N) is 1.